The van der Waals surface area contributed by atoms with Crippen LogP contribution in [0.3, 0.4) is 0 Å². The van der Waals surface area contributed by atoms with E-state index in [1.54, 1.807) is 0 Å². The number of fused-ring (bicyclic) bond motifs is 1. The maximum absolute atomic E-state index is 4.61. The van der Waals surface area contributed by atoms with Crippen molar-refractivity contribution in [1.82, 2.24) is 15.0 Å². The molecule has 2 aromatic rings. The fourth-order valence-electron chi connectivity index (χ4n) is 3.17. The van der Waals surface area contributed by atoms with Crippen LogP contribution < -0.4 is 15.1 Å². The molecule has 6 nitrogen and oxygen atoms in total. The van der Waals surface area contributed by atoms with E-state index in [1.807, 2.05) is 39.8 Å². The molecule has 0 saturated heterocycles. The summed E-state index contributed by atoms with van der Waals surface area (Å²) >= 11 is 0. The highest BCUT2D eigenvalue weighted by molar-refractivity contribution is 5.60. The molecule has 0 fully saturated rings. The van der Waals surface area contributed by atoms with Crippen molar-refractivity contribution in [3.05, 3.63) is 35.2 Å². The van der Waals surface area contributed by atoms with E-state index in [4.69, 9.17) is 0 Å². The normalized spacial score (nSPS) is 16.1. The van der Waals surface area contributed by atoms with Gasteiger partial charge in [-0.05, 0) is 32.4 Å². The molecule has 1 aliphatic heterocycles. The SMILES string of the molecule is CC.Cc1ccc2c(c1)C(C(C)N(C)c1nc(C)nc(N(C)C)n1)CN2. The van der Waals surface area contributed by atoms with Gasteiger partial charge in [-0.25, -0.2) is 0 Å². The zero-order chi connectivity index (χ0) is 19.4. The van der Waals surface area contributed by atoms with Crippen LogP contribution in [0, 0.1) is 13.8 Å². The second-order valence-corrected chi connectivity index (χ2v) is 6.81. The first-order chi connectivity index (χ1) is 12.4. The molecular formula is C20H32N6. The number of anilines is 3. The van der Waals surface area contributed by atoms with Gasteiger partial charge in [-0.3, -0.25) is 0 Å². The van der Waals surface area contributed by atoms with Crippen LogP contribution in [0.2, 0.25) is 0 Å². The van der Waals surface area contributed by atoms with E-state index < -0.39 is 0 Å². The fourth-order valence-corrected chi connectivity index (χ4v) is 3.17. The van der Waals surface area contributed by atoms with Gasteiger partial charge in [-0.2, -0.15) is 15.0 Å². The summed E-state index contributed by atoms with van der Waals surface area (Å²) in [6, 6.07) is 6.89. The molecule has 1 aliphatic rings. The first-order valence-corrected chi connectivity index (χ1v) is 9.34. The minimum atomic E-state index is 0.275. The van der Waals surface area contributed by atoms with Crippen LogP contribution in [-0.2, 0) is 0 Å². The van der Waals surface area contributed by atoms with Crippen LogP contribution in [0.4, 0.5) is 17.6 Å². The fraction of sp³-hybridized carbons (Fsp3) is 0.550. The lowest BCUT2D eigenvalue weighted by atomic mass is 9.92. The number of hydrogen-bond acceptors (Lipinski definition) is 6. The van der Waals surface area contributed by atoms with E-state index >= 15 is 0 Å². The summed E-state index contributed by atoms with van der Waals surface area (Å²) in [6.45, 7) is 11.2. The molecule has 1 aromatic heterocycles. The Morgan fingerprint density at radius 1 is 1.04 bits per heavy atom. The Kier molecular flexibility index (Phi) is 6.40. The van der Waals surface area contributed by atoms with Gasteiger partial charge >= 0.3 is 0 Å². The van der Waals surface area contributed by atoms with Crippen LogP contribution in [0.5, 0.6) is 0 Å². The molecule has 142 valence electrons. The van der Waals surface area contributed by atoms with E-state index in [0.29, 0.717) is 11.9 Å². The maximum atomic E-state index is 4.61. The standard InChI is InChI=1S/C18H26N6.C2H6/c1-11-7-8-16-14(9-11)15(10-19-16)12(2)24(6)18-21-13(3)20-17(22-18)23(4)5;1-2/h7-9,12,15,19H,10H2,1-6H3;1-2H3. The second-order valence-electron chi connectivity index (χ2n) is 6.81. The van der Waals surface area contributed by atoms with E-state index in [2.05, 4.69) is 64.3 Å². The third kappa shape index (κ3) is 4.06. The first kappa shape index (κ1) is 19.9. The number of nitrogens with zero attached hydrogens (tertiary/aromatic N) is 5. The van der Waals surface area contributed by atoms with Crippen LogP contribution in [-0.4, -0.2) is 48.7 Å². The molecule has 1 N–H and O–H groups in total. The molecule has 2 atom stereocenters. The lowest BCUT2D eigenvalue weighted by Crippen LogP contribution is -2.37. The number of nitrogens with one attached hydrogen (secondary N) is 1. The van der Waals surface area contributed by atoms with Gasteiger partial charge in [0.25, 0.3) is 0 Å². The Morgan fingerprint density at radius 2 is 1.69 bits per heavy atom. The van der Waals surface area contributed by atoms with Gasteiger partial charge in [-0.1, -0.05) is 31.5 Å². The van der Waals surface area contributed by atoms with Crippen molar-refractivity contribution in [3.63, 3.8) is 0 Å². The molecule has 1 aromatic carbocycles. The molecule has 2 heterocycles. The molecule has 0 saturated carbocycles. The smallest absolute Gasteiger partial charge is 0.230 e. The molecule has 0 aliphatic carbocycles. The minimum absolute atomic E-state index is 0.275. The summed E-state index contributed by atoms with van der Waals surface area (Å²) < 4.78 is 0. The Labute approximate surface area is 157 Å². The highest BCUT2D eigenvalue weighted by atomic mass is 15.3. The first-order valence-electron chi connectivity index (χ1n) is 9.34. The third-order valence-electron chi connectivity index (χ3n) is 4.75. The van der Waals surface area contributed by atoms with E-state index in [9.17, 15) is 0 Å². The summed E-state index contributed by atoms with van der Waals surface area (Å²) in [4.78, 5) is 17.6. The number of likely N-dealkylation sites (N-methyl/N-ethyl adjacent to an activating group) is 1. The number of hydrogen-bond donors (Lipinski definition) is 1. The summed E-state index contributed by atoms with van der Waals surface area (Å²) in [5.41, 5.74) is 3.92. The summed E-state index contributed by atoms with van der Waals surface area (Å²) in [6.07, 6.45) is 0. The molecule has 26 heavy (non-hydrogen) atoms. The molecule has 2 unspecified atom stereocenters. The predicted molar refractivity (Wildman–Crippen MR) is 111 cm³/mol. The lowest BCUT2D eigenvalue weighted by molar-refractivity contribution is 0.567. The molecule has 3 rings (SSSR count). The van der Waals surface area contributed by atoms with Crippen LogP contribution in [0.25, 0.3) is 0 Å². The number of rotatable bonds is 4. The van der Waals surface area contributed by atoms with Gasteiger partial charge in [-0.15, -0.1) is 0 Å². The minimum Gasteiger partial charge on any atom is -0.384 e. The van der Waals surface area contributed by atoms with Gasteiger partial charge in [0.05, 0.1) is 0 Å². The van der Waals surface area contributed by atoms with Crippen molar-refractivity contribution in [2.75, 3.05) is 42.8 Å². The van der Waals surface area contributed by atoms with Crippen LogP contribution in [0.1, 0.15) is 43.6 Å². The average molecular weight is 357 g/mol. The number of aromatic nitrogens is 3. The summed E-state index contributed by atoms with van der Waals surface area (Å²) in [5, 5.41) is 3.52. The van der Waals surface area contributed by atoms with Crippen molar-refractivity contribution in [3.8, 4) is 0 Å². The summed E-state index contributed by atoms with van der Waals surface area (Å²) in [7, 11) is 5.95. The van der Waals surface area contributed by atoms with Crippen molar-refractivity contribution in [1.29, 1.82) is 0 Å². The van der Waals surface area contributed by atoms with E-state index in [0.717, 1.165) is 18.3 Å². The average Bonchev–Trinajstić information content (AvgIpc) is 3.04. The molecule has 0 radical (unpaired) electrons. The van der Waals surface area contributed by atoms with Gasteiger partial charge in [0.15, 0.2) is 0 Å². The van der Waals surface area contributed by atoms with E-state index in [-0.39, 0.29) is 6.04 Å². The zero-order valence-corrected chi connectivity index (χ0v) is 17.3. The highest BCUT2D eigenvalue weighted by Gasteiger charge is 2.30. The molecule has 0 amide bonds. The van der Waals surface area contributed by atoms with Gasteiger partial charge in [0.2, 0.25) is 11.9 Å². The van der Waals surface area contributed by atoms with Gasteiger partial charge in [0, 0.05) is 45.3 Å². The van der Waals surface area contributed by atoms with Crippen molar-refractivity contribution in [2.45, 2.75) is 46.6 Å². The topological polar surface area (TPSA) is 57.2 Å². The predicted octanol–water partition coefficient (Wildman–Crippen LogP) is 3.61. The third-order valence-corrected chi connectivity index (χ3v) is 4.75. The molecular weight excluding hydrogens is 324 g/mol. The molecule has 6 heteroatoms. The van der Waals surface area contributed by atoms with Gasteiger partial charge in [0.1, 0.15) is 5.82 Å². The van der Waals surface area contributed by atoms with Crippen molar-refractivity contribution < 1.29 is 0 Å². The maximum Gasteiger partial charge on any atom is 0.230 e. The lowest BCUT2D eigenvalue weighted by Gasteiger charge is -2.30. The molecule has 0 bridgehead atoms. The number of benzene rings is 1. The highest BCUT2D eigenvalue weighted by Crippen LogP contribution is 2.36. The summed E-state index contributed by atoms with van der Waals surface area (Å²) in [5.74, 6) is 2.56. The Hall–Kier alpha value is -2.37. The van der Waals surface area contributed by atoms with Crippen molar-refractivity contribution >= 4 is 17.6 Å². The largest absolute Gasteiger partial charge is 0.384 e. The monoisotopic (exact) mass is 356 g/mol. The zero-order valence-electron chi connectivity index (χ0n) is 17.3. The Bertz CT molecular complexity index is 743. The van der Waals surface area contributed by atoms with Crippen LogP contribution in [0.15, 0.2) is 18.2 Å². The quantitative estimate of drug-likeness (QED) is 0.903. The second kappa shape index (κ2) is 8.34. The molecule has 0 spiro atoms. The van der Waals surface area contributed by atoms with Gasteiger partial charge < -0.3 is 15.1 Å². The Balaban J connectivity index is 0.00000117. The number of aryl methyl sites for hydroxylation is 2. The van der Waals surface area contributed by atoms with Crippen LogP contribution >= 0.6 is 0 Å². The Morgan fingerprint density at radius 3 is 2.35 bits per heavy atom. The van der Waals surface area contributed by atoms with E-state index in [1.165, 1.54) is 16.8 Å². The van der Waals surface area contributed by atoms with Crippen molar-refractivity contribution in [2.24, 2.45) is 0 Å².